The molecule has 2 rings (SSSR count). The van der Waals surface area contributed by atoms with E-state index in [0.29, 0.717) is 0 Å². The summed E-state index contributed by atoms with van der Waals surface area (Å²) in [6.07, 6.45) is 7.30. The van der Waals surface area contributed by atoms with Crippen LogP contribution in [0.4, 0.5) is 0 Å². The molecule has 6 heteroatoms. The molecule has 0 radical (unpaired) electrons. The minimum Gasteiger partial charge on any atom is -0.323 e. The molecule has 2 N–H and O–H groups in total. The van der Waals surface area contributed by atoms with Crippen LogP contribution in [0.3, 0.4) is 0 Å². The summed E-state index contributed by atoms with van der Waals surface area (Å²) in [5, 5.41) is 4.41. The van der Waals surface area contributed by atoms with Crippen LogP contribution in [0.1, 0.15) is 23.7 Å². The Balaban J connectivity index is 2.01. The number of aromatic nitrogens is 3. The van der Waals surface area contributed by atoms with Crippen LogP contribution >= 0.6 is 15.9 Å². The van der Waals surface area contributed by atoms with Gasteiger partial charge in [0.25, 0.3) is 0 Å². The van der Waals surface area contributed by atoms with Crippen molar-refractivity contribution in [3.63, 3.8) is 0 Å². The number of rotatable bonds is 7. The number of halogens is 1. The summed E-state index contributed by atoms with van der Waals surface area (Å²) in [6, 6.07) is 4.00. The summed E-state index contributed by atoms with van der Waals surface area (Å²) in [7, 11) is 4.11. The first-order valence-electron chi connectivity index (χ1n) is 7.08. The van der Waals surface area contributed by atoms with Crippen molar-refractivity contribution in [2.75, 3.05) is 20.6 Å². The lowest BCUT2D eigenvalue weighted by atomic mass is 10.0. The molecule has 0 saturated carbocycles. The summed E-state index contributed by atoms with van der Waals surface area (Å²) < 4.78 is 2.98. The van der Waals surface area contributed by atoms with Crippen LogP contribution < -0.4 is 5.73 Å². The maximum Gasteiger partial charge on any atom is 0.0694 e. The minimum atomic E-state index is -0.0377. The monoisotopic (exact) mass is 351 g/mol. The molecule has 0 aliphatic carbocycles. The number of nitrogens with two attached hydrogens (primary N) is 1. The fraction of sp³-hybridized carbons (Fsp3) is 0.467. The molecule has 5 nitrogen and oxygen atoms in total. The highest BCUT2D eigenvalue weighted by Gasteiger charge is 2.16. The quantitative estimate of drug-likeness (QED) is 0.830. The van der Waals surface area contributed by atoms with Gasteiger partial charge < -0.3 is 10.6 Å². The number of hydrogen-bond acceptors (Lipinski definition) is 4. The fourth-order valence-corrected chi connectivity index (χ4v) is 2.81. The van der Waals surface area contributed by atoms with Crippen molar-refractivity contribution in [1.29, 1.82) is 0 Å². The van der Waals surface area contributed by atoms with Gasteiger partial charge in [-0.15, -0.1) is 0 Å². The lowest BCUT2D eigenvalue weighted by Gasteiger charge is -2.17. The maximum atomic E-state index is 6.37. The van der Waals surface area contributed by atoms with Crippen LogP contribution in [-0.2, 0) is 13.0 Å². The van der Waals surface area contributed by atoms with Crippen LogP contribution in [0.5, 0.6) is 0 Å². The highest BCUT2D eigenvalue weighted by molar-refractivity contribution is 9.10. The first-order chi connectivity index (χ1) is 10.1. The number of nitrogens with zero attached hydrogens (tertiary/aromatic N) is 4. The van der Waals surface area contributed by atoms with Crippen LogP contribution in [0.25, 0.3) is 0 Å². The van der Waals surface area contributed by atoms with Gasteiger partial charge in [-0.3, -0.25) is 9.67 Å². The highest BCUT2D eigenvalue weighted by Crippen LogP contribution is 2.25. The second-order valence-electron chi connectivity index (χ2n) is 5.41. The third-order valence-corrected chi connectivity index (χ3v) is 4.02. The third kappa shape index (κ3) is 4.62. The minimum absolute atomic E-state index is 0.0377. The Morgan fingerprint density at radius 3 is 2.86 bits per heavy atom. The summed E-state index contributed by atoms with van der Waals surface area (Å²) in [5.41, 5.74) is 8.65. The Bertz CT molecular complexity index is 552. The van der Waals surface area contributed by atoms with E-state index in [1.165, 1.54) is 5.56 Å². The zero-order chi connectivity index (χ0) is 15.2. The van der Waals surface area contributed by atoms with Gasteiger partial charge in [-0.05, 0) is 54.5 Å². The maximum absolute atomic E-state index is 6.37. The molecule has 2 aromatic rings. The lowest BCUT2D eigenvalue weighted by molar-refractivity contribution is 0.365. The molecule has 2 heterocycles. The van der Waals surface area contributed by atoms with Crippen molar-refractivity contribution < 1.29 is 0 Å². The van der Waals surface area contributed by atoms with Crippen LogP contribution in [0, 0.1) is 0 Å². The summed E-state index contributed by atoms with van der Waals surface area (Å²) in [5.74, 6) is 0. The standard InChI is InChI=1S/C15H22BrN5/c1-20(2)8-9-21-15(13(16)11-19-21)14(17)6-5-12-4-3-7-18-10-12/h3-4,7,10-11,14H,5-6,8-9,17H2,1-2H3. The molecule has 0 bridgehead atoms. The largest absolute Gasteiger partial charge is 0.323 e. The van der Waals surface area contributed by atoms with E-state index in [1.807, 2.05) is 23.1 Å². The van der Waals surface area contributed by atoms with E-state index in [0.717, 1.165) is 36.1 Å². The predicted octanol–water partition coefficient (Wildman–Crippen LogP) is 2.23. The third-order valence-electron chi connectivity index (χ3n) is 3.41. The number of hydrogen-bond donors (Lipinski definition) is 1. The van der Waals surface area contributed by atoms with Crippen molar-refractivity contribution >= 4 is 15.9 Å². The Morgan fingerprint density at radius 2 is 2.19 bits per heavy atom. The van der Waals surface area contributed by atoms with Crippen molar-refractivity contribution in [2.45, 2.75) is 25.4 Å². The summed E-state index contributed by atoms with van der Waals surface area (Å²) in [4.78, 5) is 6.28. The predicted molar refractivity (Wildman–Crippen MR) is 88.0 cm³/mol. The van der Waals surface area contributed by atoms with E-state index in [-0.39, 0.29) is 6.04 Å². The Labute approximate surface area is 134 Å². The van der Waals surface area contributed by atoms with Crippen molar-refractivity contribution in [3.05, 3.63) is 46.5 Å². The summed E-state index contributed by atoms with van der Waals surface area (Å²) >= 11 is 3.56. The smallest absolute Gasteiger partial charge is 0.0694 e. The van der Waals surface area contributed by atoms with Gasteiger partial charge in [0.15, 0.2) is 0 Å². The van der Waals surface area contributed by atoms with Gasteiger partial charge in [0, 0.05) is 25.0 Å². The topological polar surface area (TPSA) is 60.0 Å². The number of aryl methyl sites for hydroxylation is 1. The highest BCUT2D eigenvalue weighted by atomic mass is 79.9. The van der Waals surface area contributed by atoms with Gasteiger partial charge in [0.2, 0.25) is 0 Å². The van der Waals surface area contributed by atoms with Gasteiger partial charge in [-0.25, -0.2) is 0 Å². The zero-order valence-electron chi connectivity index (χ0n) is 12.5. The SMILES string of the molecule is CN(C)CCn1ncc(Br)c1C(N)CCc1cccnc1. The first-order valence-corrected chi connectivity index (χ1v) is 7.87. The molecular formula is C15H22BrN5. The van der Waals surface area contributed by atoms with Crippen molar-refractivity contribution in [1.82, 2.24) is 19.7 Å². The van der Waals surface area contributed by atoms with Gasteiger partial charge in [0.1, 0.15) is 0 Å². The molecule has 0 aliphatic heterocycles. The van der Waals surface area contributed by atoms with Crippen molar-refractivity contribution in [3.8, 4) is 0 Å². The van der Waals surface area contributed by atoms with Crippen LogP contribution in [0.15, 0.2) is 35.2 Å². The molecule has 114 valence electrons. The van der Waals surface area contributed by atoms with Crippen LogP contribution in [-0.4, -0.2) is 40.3 Å². The van der Waals surface area contributed by atoms with Gasteiger partial charge in [0.05, 0.1) is 22.9 Å². The normalized spacial score (nSPS) is 12.8. The molecule has 0 aromatic carbocycles. The molecule has 0 fully saturated rings. The van der Waals surface area contributed by atoms with E-state index in [4.69, 9.17) is 5.73 Å². The van der Waals surface area contributed by atoms with Crippen LogP contribution in [0.2, 0.25) is 0 Å². The molecule has 21 heavy (non-hydrogen) atoms. The van der Waals surface area contributed by atoms with Gasteiger partial charge in [-0.2, -0.15) is 5.10 Å². The average molecular weight is 352 g/mol. The molecule has 0 aliphatic rings. The number of pyridine rings is 1. The van der Waals surface area contributed by atoms with Gasteiger partial charge in [-0.1, -0.05) is 6.07 Å². The van der Waals surface area contributed by atoms with E-state index >= 15 is 0 Å². The van der Waals surface area contributed by atoms with E-state index < -0.39 is 0 Å². The molecule has 0 spiro atoms. The second-order valence-corrected chi connectivity index (χ2v) is 6.26. The molecule has 0 saturated heterocycles. The van der Waals surface area contributed by atoms with E-state index in [9.17, 15) is 0 Å². The zero-order valence-corrected chi connectivity index (χ0v) is 14.1. The second kappa shape index (κ2) is 7.68. The summed E-state index contributed by atoms with van der Waals surface area (Å²) in [6.45, 7) is 1.78. The lowest BCUT2D eigenvalue weighted by Crippen LogP contribution is -2.23. The Kier molecular flexibility index (Phi) is 5.90. The molecule has 1 atom stereocenters. The molecule has 2 aromatic heterocycles. The fourth-order valence-electron chi connectivity index (χ4n) is 2.22. The van der Waals surface area contributed by atoms with Crippen molar-refractivity contribution in [2.24, 2.45) is 5.73 Å². The van der Waals surface area contributed by atoms with Gasteiger partial charge >= 0.3 is 0 Å². The molecular weight excluding hydrogens is 330 g/mol. The Hall–Kier alpha value is -1.24. The van der Waals surface area contributed by atoms with E-state index in [2.05, 4.69) is 51.1 Å². The Morgan fingerprint density at radius 1 is 1.38 bits per heavy atom. The molecule has 1 unspecified atom stereocenters. The van der Waals surface area contributed by atoms with E-state index in [1.54, 1.807) is 6.20 Å². The molecule has 0 amide bonds. The first kappa shape index (κ1) is 16.1. The average Bonchev–Trinajstić information content (AvgIpc) is 2.85. The number of likely N-dealkylation sites (N-methyl/N-ethyl adjacent to an activating group) is 1.